The van der Waals surface area contributed by atoms with Crippen LogP contribution < -0.4 is 10.1 Å². The first-order valence-corrected chi connectivity index (χ1v) is 9.37. The highest BCUT2D eigenvalue weighted by atomic mass is 79.9. The Morgan fingerprint density at radius 2 is 1.93 bits per heavy atom. The highest BCUT2D eigenvalue weighted by molar-refractivity contribution is 9.10. The Morgan fingerprint density at radius 3 is 2.70 bits per heavy atom. The van der Waals surface area contributed by atoms with Gasteiger partial charge in [-0.05, 0) is 30.3 Å². The smallest absolute Gasteiger partial charge is 0.135 e. The lowest BCUT2D eigenvalue weighted by molar-refractivity contribution is 0.408. The molecular weight excluding hydrogens is 404 g/mol. The summed E-state index contributed by atoms with van der Waals surface area (Å²) >= 11 is 3.56. The molecule has 6 heteroatoms. The molecule has 1 atom stereocenters. The van der Waals surface area contributed by atoms with Gasteiger partial charge in [-0.3, -0.25) is 4.98 Å². The Bertz CT molecular complexity index is 1090. The molecule has 0 bridgehead atoms. The molecule has 0 amide bonds. The van der Waals surface area contributed by atoms with Gasteiger partial charge in [0.2, 0.25) is 0 Å². The minimum absolute atomic E-state index is 0.175. The third-order valence-electron chi connectivity index (χ3n) is 4.57. The van der Waals surface area contributed by atoms with Crippen LogP contribution in [0, 0.1) is 0 Å². The summed E-state index contributed by atoms with van der Waals surface area (Å²) in [7, 11) is 3.68. The van der Waals surface area contributed by atoms with E-state index in [1.807, 2.05) is 60.4 Å². The zero-order valence-corrected chi connectivity index (χ0v) is 16.6. The number of methoxy groups -OCH3 is 1. The molecule has 0 spiro atoms. The predicted molar refractivity (Wildman–Crippen MR) is 111 cm³/mol. The molecule has 2 aromatic carbocycles. The van der Waals surface area contributed by atoms with E-state index in [1.54, 1.807) is 13.3 Å². The van der Waals surface area contributed by atoms with Gasteiger partial charge in [0, 0.05) is 46.7 Å². The Hall–Kier alpha value is -2.86. The highest BCUT2D eigenvalue weighted by Gasteiger charge is 2.22. The Morgan fingerprint density at radius 1 is 1.07 bits per heavy atom. The minimum atomic E-state index is -0.175. The number of rotatable bonds is 5. The average Bonchev–Trinajstić information content (AvgIpc) is 3.12. The molecule has 2 heterocycles. The first-order chi connectivity index (χ1) is 13.2. The van der Waals surface area contributed by atoms with Crippen molar-refractivity contribution in [3.63, 3.8) is 0 Å². The second kappa shape index (κ2) is 7.40. The van der Waals surface area contributed by atoms with E-state index < -0.39 is 0 Å². The summed E-state index contributed by atoms with van der Waals surface area (Å²) in [6.07, 6.45) is 5.57. The minimum Gasteiger partial charge on any atom is -0.496 e. The number of anilines is 1. The topological polar surface area (TPSA) is 52.0 Å². The maximum atomic E-state index is 5.61. The van der Waals surface area contributed by atoms with Gasteiger partial charge in [0.05, 0.1) is 12.6 Å². The normalized spacial score (nSPS) is 12.1. The first-order valence-electron chi connectivity index (χ1n) is 8.58. The second-order valence-electron chi connectivity index (χ2n) is 6.24. The predicted octanol–water partition coefficient (Wildman–Crippen LogP) is 4.94. The van der Waals surface area contributed by atoms with Crippen molar-refractivity contribution in [2.24, 2.45) is 7.05 Å². The largest absolute Gasteiger partial charge is 0.496 e. The molecule has 2 aromatic heterocycles. The van der Waals surface area contributed by atoms with Crippen LogP contribution in [0.5, 0.6) is 5.75 Å². The van der Waals surface area contributed by atoms with E-state index in [9.17, 15) is 0 Å². The first kappa shape index (κ1) is 17.5. The highest BCUT2D eigenvalue weighted by Crippen LogP contribution is 2.34. The van der Waals surface area contributed by atoms with Crippen molar-refractivity contribution in [3.05, 3.63) is 83.0 Å². The van der Waals surface area contributed by atoms with Crippen LogP contribution in [-0.2, 0) is 7.05 Å². The maximum Gasteiger partial charge on any atom is 0.135 e. The molecule has 0 aliphatic carbocycles. The van der Waals surface area contributed by atoms with Crippen LogP contribution >= 0.6 is 15.9 Å². The third kappa shape index (κ3) is 3.40. The second-order valence-corrected chi connectivity index (χ2v) is 7.15. The standard InChI is InChI=1S/C21H19BrN4O/c1-26-12-11-24-21(26)20(15-5-3-4-6-19(15)27-2)25-18-9-10-23-17-8-7-14(22)13-16(17)18/h3-13,20H,1-2H3,(H,23,25). The van der Waals surface area contributed by atoms with Crippen LogP contribution in [0.25, 0.3) is 10.9 Å². The van der Waals surface area contributed by atoms with Gasteiger partial charge in [-0.25, -0.2) is 4.98 Å². The molecule has 0 aliphatic rings. The van der Waals surface area contributed by atoms with E-state index in [2.05, 4.69) is 43.3 Å². The summed E-state index contributed by atoms with van der Waals surface area (Å²) < 4.78 is 8.64. The van der Waals surface area contributed by atoms with Crippen LogP contribution in [0.3, 0.4) is 0 Å². The number of pyridine rings is 1. The molecule has 0 saturated heterocycles. The number of hydrogen-bond acceptors (Lipinski definition) is 4. The van der Waals surface area contributed by atoms with Crippen LogP contribution in [-0.4, -0.2) is 21.6 Å². The van der Waals surface area contributed by atoms with Crippen molar-refractivity contribution >= 4 is 32.5 Å². The summed E-state index contributed by atoms with van der Waals surface area (Å²) in [5.41, 5.74) is 2.94. The van der Waals surface area contributed by atoms with Gasteiger partial charge in [-0.2, -0.15) is 0 Å². The number of nitrogens with zero attached hydrogens (tertiary/aromatic N) is 3. The number of nitrogens with one attached hydrogen (secondary N) is 1. The summed E-state index contributed by atoms with van der Waals surface area (Å²) in [6.45, 7) is 0. The van der Waals surface area contributed by atoms with Crippen molar-refractivity contribution in [1.82, 2.24) is 14.5 Å². The summed E-state index contributed by atoms with van der Waals surface area (Å²) in [5, 5.41) is 4.70. The van der Waals surface area contributed by atoms with E-state index in [0.29, 0.717) is 0 Å². The molecule has 27 heavy (non-hydrogen) atoms. The summed E-state index contributed by atoms with van der Waals surface area (Å²) in [4.78, 5) is 9.05. The average molecular weight is 423 g/mol. The number of halogens is 1. The summed E-state index contributed by atoms with van der Waals surface area (Å²) in [5.74, 6) is 1.72. The van der Waals surface area contributed by atoms with E-state index in [4.69, 9.17) is 4.74 Å². The number of ether oxygens (including phenoxy) is 1. The van der Waals surface area contributed by atoms with Gasteiger partial charge in [0.15, 0.2) is 0 Å². The number of para-hydroxylation sites is 1. The van der Waals surface area contributed by atoms with Gasteiger partial charge in [0.25, 0.3) is 0 Å². The zero-order chi connectivity index (χ0) is 18.8. The van der Waals surface area contributed by atoms with Crippen LogP contribution in [0.1, 0.15) is 17.4 Å². The van der Waals surface area contributed by atoms with Gasteiger partial charge < -0.3 is 14.6 Å². The van der Waals surface area contributed by atoms with Crippen molar-refractivity contribution in [2.45, 2.75) is 6.04 Å². The molecule has 0 fully saturated rings. The molecule has 1 N–H and O–H groups in total. The molecule has 1 unspecified atom stereocenters. The van der Waals surface area contributed by atoms with Gasteiger partial charge in [0.1, 0.15) is 17.6 Å². The lowest BCUT2D eigenvalue weighted by atomic mass is 10.0. The number of aryl methyl sites for hydroxylation is 1. The fourth-order valence-corrected chi connectivity index (χ4v) is 3.60. The molecule has 0 saturated carbocycles. The van der Waals surface area contributed by atoms with Crippen molar-refractivity contribution in [2.75, 3.05) is 12.4 Å². The molecule has 5 nitrogen and oxygen atoms in total. The summed E-state index contributed by atoms with van der Waals surface area (Å²) in [6, 6.07) is 15.9. The number of fused-ring (bicyclic) bond motifs is 1. The van der Waals surface area contributed by atoms with Crippen LogP contribution in [0.15, 0.2) is 71.6 Å². The van der Waals surface area contributed by atoms with Crippen LogP contribution in [0.2, 0.25) is 0 Å². The molecule has 0 radical (unpaired) electrons. The number of imidazole rings is 1. The van der Waals surface area contributed by atoms with E-state index in [0.717, 1.165) is 38.2 Å². The SMILES string of the molecule is COc1ccccc1C(Nc1ccnc2ccc(Br)cc12)c1nccn1C. The monoisotopic (exact) mass is 422 g/mol. The van der Waals surface area contributed by atoms with Crippen molar-refractivity contribution in [3.8, 4) is 5.75 Å². The maximum absolute atomic E-state index is 5.61. The fraction of sp³-hybridized carbons (Fsp3) is 0.143. The zero-order valence-electron chi connectivity index (χ0n) is 15.1. The Labute approximate surface area is 166 Å². The van der Waals surface area contributed by atoms with Crippen LogP contribution in [0.4, 0.5) is 5.69 Å². The molecule has 0 aliphatic heterocycles. The van der Waals surface area contributed by atoms with Gasteiger partial charge >= 0.3 is 0 Å². The molecule has 4 rings (SSSR count). The number of benzene rings is 2. The molecular formula is C21H19BrN4O. The van der Waals surface area contributed by atoms with E-state index in [1.165, 1.54) is 0 Å². The van der Waals surface area contributed by atoms with E-state index >= 15 is 0 Å². The Balaban J connectivity index is 1.86. The number of aromatic nitrogens is 3. The van der Waals surface area contributed by atoms with E-state index in [-0.39, 0.29) is 6.04 Å². The van der Waals surface area contributed by atoms with Crippen molar-refractivity contribution in [1.29, 1.82) is 0 Å². The lowest BCUT2D eigenvalue weighted by Crippen LogP contribution is -2.17. The van der Waals surface area contributed by atoms with Gasteiger partial charge in [-0.1, -0.05) is 34.1 Å². The molecule has 136 valence electrons. The number of hydrogen-bond donors (Lipinski definition) is 1. The fourth-order valence-electron chi connectivity index (χ4n) is 3.24. The Kier molecular flexibility index (Phi) is 4.81. The third-order valence-corrected chi connectivity index (χ3v) is 5.06. The van der Waals surface area contributed by atoms with Gasteiger partial charge in [-0.15, -0.1) is 0 Å². The quantitative estimate of drug-likeness (QED) is 0.494. The van der Waals surface area contributed by atoms with Crippen molar-refractivity contribution < 1.29 is 4.74 Å². The lowest BCUT2D eigenvalue weighted by Gasteiger charge is -2.23. The molecule has 4 aromatic rings.